The number of ether oxygens (including phenoxy) is 1. The highest BCUT2D eigenvalue weighted by Gasteiger charge is 2.23. The lowest BCUT2D eigenvalue weighted by Crippen LogP contribution is -2.27. The number of benzene rings is 1. The molecule has 0 spiro atoms. The second-order valence-electron chi connectivity index (χ2n) is 4.72. The van der Waals surface area contributed by atoms with Gasteiger partial charge in [0, 0.05) is 18.5 Å². The van der Waals surface area contributed by atoms with Crippen molar-refractivity contribution in [2.45, 2.75) is 19.8 Å². The van der Waals surface area contributed by atoms with Crippen LogP contribution in [0.2, 0.25) is 0 Å². The second kappa shape index (κ2) is 4.96. The minimum atomic E-state index is -0.0175. The van der Waals surface area contributed by atoms with E-state index in [1.165, 1.54) is 0 Å². The van der Waals surface area contributed by atoms with Crippen LogP contribution in [0, 0.1) is 0 Å². The Morgan fingerprint density at radius 3 is 2.89 bits per heavy atom. The molecule has 1 aromatic heterocycles. The average Bonchev–Trinajstić information content (AvgIpc) is 3.08. The third-order valence-electron chi connectivity index (χ3n) is 3.41. The van der Waals surface area contributed by atoms with Crippen molar-refractivity contribution in [3.63, 3.8) is 0 Å². The number of likely N-dealkylation sites (tertiary alicyclic amines) is 1. The van der Waals surface area contributed by atoms with Crippen LogP contribution >= 0.6 is 0 Å². The Morgan fingerprint density at radius 2 is 2.16 bits per heavy atom. The number of para-hydroxylation sites is 1. The summed E-state index contributed by atoms with van der Waals surface area (Å²) in [5.74, 6) is 1.08. The summed E-state index contributed by atoms with van der Waals surface area (Å²) in [6, 6.07) is 7.51. The predicted octanol–water partition coefficient (Wildman–Crippen LogP) is 3.07. The van der Waals surface area contributed by atoms with Gasteiger partial charge in [0.05, 0.1) is 6.61 Å². The maximum atomic E-state index is 12.3. The molecule has 19 heavy (non-hydrogen) atoms. The number of carbonyl (C=O) groups is 1. The first-order valence-electron chi connectivity index (χ1n) is 6.74. The van der Waals surface area contributed by atoms with Gasteiger partial charge in [0.1, 0.15) is 0 Å². The van der Waals surface area contributed by atoms with Crippen LogP contribution in [0.3, 0.4) is 0 Å². The van der Waals surface area contributed by atoms with Gasteiger partial charge in [0.2, 0.25) is 0 Å². The van der Waals surface area contributed by atoms with Crippen LogP contribution in [-0.2, 0) is 0 Å². The molecule has 1 saturated heterocycles. The van der Waals surface area contributed by atoms with E-state index in [2.05, 4.69) is 0 Å². The summed E-state index contributed by atoms with van der Waals surface area (Å²) < 4.78 is 11.2. The summed E-state index contributed by atoms with van der Waals surface area (Å²) in [4.78, 5) is 14.1. The number of fused-ring (bicyclic) bond motifs is 1. The molecule has 4 nitrogen and oxygen atoms in total. The minimum Gasteiger partial charge on any atom is -0.490 e. The topological polar surface area (TPSA) is 42.7 Å². The molecule has 3 rings (SSSR count). The van der Waals surface area contributed by atoms with Crippen molar-refractivity contribution in [2.75, 3.05) is 19.7 Å². The van der Waals surface area contributed by atoms with Crippen LogP contribution in [-0.4, -0.2) is 30.5 Å². The van der Waals surface area contributed by atoms with Gasteiger partial charge in [-0.05, 0) is 31.9 Å². The number of hydrogen-bond donors (Lipinski definition) is 0. The first-order valence-corrected chi connectivity index (χ1v) is 6.74. The molecule has 0 unspecified atom stereocenters. The third kappa shape index (κ3) is 2.18. The van der Waals surface area contributed by atoms with E-state index in [1.807, 2.05) is 30.0 Å². The van der Waals surface area contributed by atoms with Gasteiger partial charge in [0.25, 0.3) is 5.91 Å². The van der Waals surface area contributed by atoms with Crippen LogP contribution in [0.4, 0.5) is 0 Å². The standard InChI is InChI=1S/C15H17NO3/c1-2-18-12-7-5-6-11-10-13(19-14(11)12)15(17)16-8-3-4-9-16/h5-7,10H,2-4,8-9H2,1H3. The molecule has 0 saturated carbocycles. The first-order chi connectivity index (χ1) is 9.29. The first kappa shape index (κ1) is 12.1. The third-order valence-corrected chi connectivity index (χ3v) is 3.41. The van der Waals surface area contributed by atoms with Crippen LogP contribution in [0.1, 0.15) is 30.3 Å². The molecular weight excluding hydrogens is 242 g/mol. The SMILES string of the molecule is CCOc1cccc2cc(C(=O)N3CCCC3)oc12. The molecule has 1 amide bonds. The smallest absolute Gasteiger partial charge is 0.289 e. The largest absolute Gasteiger partial charge is 0.490 e. The van der Waals surface area contributed by atoms with E-state index >= 15 is 0 Å². The maximum absolute atomic E-state index is 12.3. The Balaban J connectivity index is 1.96. The summed E-state index contributed by atoms with van der Waals surface area (Å²) >= 11 is 0. The Kier molecular flexibility index (Phi) is 3.15. The van der Waals surface area contributed by atoms with Gasteiger partial charge >= 0.3 is 0 Å². The molecule has 0 aliphatic carbocycles. The summed E-state index contributed by atoms with van der Waals surface area (Å²) in [6.45, 7) is 4.16. The molecule has 1 aliphatic heterocycles. The maximum Gasteiger partial charge on any atom is 0.289 e. The van der Waals surface area contributed by atoms with Crippen LogP contribution in [0.15, 0.2) is 28.7 Å². The van der Waals surface area contributed by atoms with E-state index in [0.717, 1.165) is 31.3 Å². The number of hydrogen-bond acceptors (Lipinski definition) is 3. The number of rotatable bonds is 3. The second-order valence-corrected chi connectivity index (χ2v) is 4.72. The number of amides is 1. The molecule has 0 atom stereocenters. The van der Waals surface area contributed by atoms with Gasteiger partial charge in [0.15, 0.2) is 17.1 Å². The van der Waals surface area contributed by atoms with Crippen molar-refractivity contribution in [3.05, 3.63) is 30.0 Å². The number of carbonyl (C=O) groups excluding carboxylic acids is 1. The van der Waals surface area contributed by atoms with Gasteiger partial charge in [-0.1, -0.05) is 12.1 Å². The molecular formula is C15H17NO3. The molecule has 0 N–H and O–H groups in total. The van der Waals surface area contributed by atoms with E-state index in [-0.39, 0.29) is 5.91 Å². The lowest BCUT2D eigenvalue weighted by atomic mass is 10.2. The van der Waals surface area contributed by atoms with Crippen LogP contribution < -0.4 is 4.74 Å². The number of nitrogens with zero attached hydrogens (tertiary/aromatic N) is 1. The van der Waals surface area contributed by atoms with Crippen molar-refractivity contribution in [2.24, 2.45) is 0 Å². The minimum absolute atomic E-state index is 0.0175. The van der Waals surface area contributed by atoms with E-state index in [9.17, 15) is 4.79 Å². The van der Waals surface area contributed by atoms with Crippen molar-refractivity contribution in [3.8, 4) is 5.75 Å². The van der Waals surface area contributed by atoms with Gasteiger partial charge < -0.3 is 14.1 Å². The summed E-state index contributed by atoms with van der Waals surface area (Å²) in [5, 5.41) is 0.911. The zero-order valence-electron chi connectivity index (χ0n) is 11.0. The molecule has 0 bridgehead atoms. The highest BCUT2D eigenvalue weighted by atomic mass is 16.5. The monoisotopic (exact) mass is 259 g/mol. The molecule has 1 fully saturated rings. The molecule has 2 heterocycles. The van der Waals surface area contributed by atoms with E-state index < -0.39 is 0 Å². The normalized spacial score (nSPS) is 15.1. The van der Waals surface area contributed by atoms with Crippen LogP contribution in [0.5, 0.6) is 5.75 Å². The highest BCUT2D eigenvalue weighted by molar-refractivity contribution is 5.97. The summed E-state index contributed by atoms with van der Waals surface area (Å²) in [7, 11) is 0. The van der Waals surface area contributed by atoms with E-state index in [0.29, 0.717) is 23.7 Å². The summed E-state index contributed by atoms with van der Waals surface area (Å²) in [5.41, 5.74) is 0.659. The van der Waals surface area contributed by atoms with Crippen molar-refractivity contribution >= 4 is 16.9 Å². The molecule has 1 aromatic carbocycles. The molecule has 100 valence electrons. The van der Waals surface area contributed by atoms with E-state index in [4.69, 9.17) is 9.15 Å². The molecule has 2 aromatic rings. The fourth-order valence-corrected chi connectivity index (χ4v) is 2.49. The fraction of sp³-hybridized carbons (Fsp3) is 0.400. The average molecular weight is 259 g/mol. The zero-order valence-corrected chi connectivity index (χ0v) is 11.0. The Hall–Kier alpha value is -1.97. The molecule has 4 heteroatoms. The summed E-state index contributed by atoms with van der Waals surface area (Å²) in [6.07, 6.45) is 2.16. The Labute approximate surface area is 111 Å². The van der Waals surface area contributed by atoms with Gasteiger partial charge in [-0.25, -0.2) is 0 Å². The molecule has 1 aliphatic rings. The van der Waals surface area contributed by atoms with Gasteiger partial charge in [-0.3, -0.25) is 4.79 Å². The lowest BCUT2D eigenvalue weighted by Gasteiger charge is -2.12. The Morgan fingerprint density at radius 1 is 1.37 bits per heavy atom. The lowest BCUT2D eigenvalue weighted by molar-refractivity contribution is 0.0763. The fourth-order valence-electron chi connectivity index (χ4n) is 2.49. The highest BCUT2D eigenvalue weighted by Crippen LogP contribution is 2.29. The van der Waals surface area contributed by atoms with Crippen molar-refractivity contribution < 1.29 is 13.9 Å². The Bertz CT molecular complexity index is 596. The quantitative estimate of drug-likeness (QED) is 0.850. The zero-order chi connectivity index (χ0) is 13.2. The van der Waals surface area contributed by atoms with Gasteiger partial charge in [-0.15, -0.1) is 0 Å². The van der Waals surface area contributed by atoms with E-state index in [1.54, 1.807) is 6.07 Å². The number of furan rings is 1. The van der Waals surface area contributed by atoms with Crippen LogP contribution in [0.25, 0.3) is 11.0 Å². The van der Waals surface area contributed by atoms with Crippen molar-refractivity contribution in [1.82, 2.24) is 4.90 Å². The molecule has 0 radical (unpaired) electrons. The van der Waals surface area contributed by atoms with Gasteiger partial charge in [-0.2, -0.15) is 0 Å². The predicted molar refractivity (Wildman–Crippen MR) is 72.5 cm³/mol. The van der Waals surface area contributed by atoms with Crippen molar-refractivity contribution in [1.29, 1.82) is 0 Å².